The van der Waals surface area contributed by atoms with Gasteiger partial charge in [-0.05, 0) is 44.9 Å². The van der Waals surface area contributed by atoms with Crippen LogP contribution in [0.3, 0.4) is 0 Å². The zero-order valence-corrected chi connectivity index (χ0v) is 11.6. The zero-order valence-electron chi connectivity index (χ0n) is 11.6. The fraction of sp³-hybridized carbons (Fsp3) is 0.714. The minimum atomic E-state index is -1.03. The van der Waals surface area contributed by atoms with E-state index < -0.39 is 5.97 Å². The van der Waals surface area contributed by atoms with Crippen molar-refractivity contribution in [1.82, 2.24) is 5.32 Å². The van der Waals surface area contributed by atoms with E-state index in [0.29, 0.717) is 17.4 Å². The Morgan fingerprint density at radius 1 is 1.00 bits per heavy atom. The van der Waals surface area contributed by atoms with Crippen LogP contribution >= 0.6 is 0 Å². The monoisotopic (exact) mass is 253 g/mol. The van der Waals surface area contributed by atoms with E-state index >= 15 is 0 Å². The highest BCUT2D eigenvalue weighted by molar-refractivity contribution is 6.01. The number of aliphatic carboxylic acids is 1. The predicted molar refractivity (Wildman–Crippen MR) is 70.1 cm³/mol. The molecule has 1 rings (SSSR count). The van der Waals surface area contributed by atoms with Crippen molar-refractivity contribution in [3.05, 3.63) is 11.1 Å². The maximum atomic E-state index is 11.9. The molecule has 0 heterocycles. The second kappa shape index (κ2) is 6.03. The third-order valence-corrected chi connectivity index (χ3v) is 3.74. The van der Waals surface area contributed by atoms with Crippen molar-refractivity contribution in [2.45, 2.75) is 53.0 Å². The molecule has 1 aliphatic rings. The molecule has 0 radical (unpaired) electrons. The molecule has 18 heavy (non-hydrogen) atoms. The Hall–Kier alpha value is -1.32. The SMILES string of the molecule is C/C(C(=O)O)=C(/C)C(=O)NC1CC(C)CC(C)C1. The second-order valence-electron chi connectivity index (χ2n) is 5.64. The average Bonchev–Trinajstić information content (AvgIpc) is 2.25. The van der Waals surface area contributed by atoms with E-state index in [4.69, 9.17) is 5.11 Å². The van der Waals surface area contributed by atoms with Gasteiger partial charge in [-0.3, -0.25) is 4.79 Å². The van der Waals surface area contributed by atoms with Crippen LogP contribution in [0.2, 0.25) is 0 Å². The van der Waals surface area contributed by atoms with Gasteiger partial charge in [0, 0.05) is 17.2 Å². The van der Waals surface area contributed by atoms with E-state index in [1.54, 1.807) is 6.92 Å². The molecule has 2 unspecified atom stereocenters. The zero-order chi connectivity index (χ0) is 13.9. The fourth-order valence-corrected chi connectivity index (χ4v) is 2.69. The first-order valence-electron chi connectivity index (χ1n) is 6.52. The molecule has 0 aromatic carbocycles. The van der Waals surface area contributed by atoms with Crippen LogP contribution in [-0.4, -0.2) is 23.0 Å². The molecule has 0 aromatic heterocycles. The van der Waals surface area contributed by atoms with Crippen LogP contribution in [0, 0.1) is 11.8 Å². The summed E-state index contributed by atoms with van der Waals surface area (Å²) < 4.78 is 0. The van der Waals surface area contributed by atoms with Crippen LogP contribution in [-0.2, 0) is 9.59 Å². The van der Waals surface area contributed by atoms with Gasteiger partial charge < -0.3 is 10.4 Å². The number of carbonyl (C=O) groups is 2. The Labute approximate surface area is 108 Å². The quantitative estimate of drug-likeness (QED) is 0.759. The lowest BCUT2D eigenvalue weighted by molar-refractivity contribution is -0.133. The smallest absolute Gasteiger partial charge is 0.331 e. The number of carboxylic acid groups (broad SMARTS) is 1. The van der Waals surface area contributed by atoms with Crippen LogP contribution in [0.1, 0.15) is 47.0 Å². The average molecular weight is 253 g/mol. The van der Waals surface area contributed by atoms with Crippen molar-refractivity contribution in [1.29, 1.82) is 0 Å². The molecule has 0 spiro atoms. The molecular formula is C14H23NO3. The third kappa shape index (κ3) is 3.86. The lowest BCUT2D eigenvalue weighted by Gasteiger charge is -2.32. The number of carboxylic acids is 1. The maximum Gasteiger partial charge on any atom is 0.331 e. The van der Waals surface area contributed by atoms with Gasteiger partial charge in [0.2, 0.25) is 5.91 Å². The summed E-state index contributed by atoms with van der Waals surface area (Å²) in [4.78, 5) is 22.7. The van der Waals surface area contributed by atoms with Gasteiger partial charge in [0.25, 0.3) is 0 Å². The molecular weight excluding hydrogens is 230 g/mol. The van der Waals surface area contributed by atoms with Gasteiger partial charge in [0.15, 0.2) is 0 Å². The number of carbonyl (C=O) groups excluding carboxylic acids is 1. The summed E-state index contributed by atoms with van der Waals surface area (Å²) in [7, 11) is 0. The number of hydrogen-bond donors (Lipinski definition) is 2. The molecule has 2 atom stereocenters. The van der Waals surface area contributed by atoms with Crippen molar-refractivity contribution in [3.63, 3.8) is 0 Å². The number of hydrogen-bond acceptors (Lipinski definition) is 2. The van der Waals surface area contributed by atoms with Crippen molar-refractivity contribution >= 4 is 11.9 Å². The van der Waals surface area contributed by atoms with Gasteiger partial charge in [-0.2, -0.15) is 0 Å². The lowest BCUT2D eigenvalue weighted by atomic mass is 9.80. The highest BCUT2D eigenvalue weighted by atomic mass is 16.4. The first kappa shape index (κ1) is 14.7. The molecule has 0 aliphatic heterocycles. The Kier molecular flexibility index (Phi) is 4.93. The van der Waals surface area contributed by atoms with Crippen molar-refractivity contribution in [2.75, 3.05) is 0 Å². The van der Waals surface area contributed by atoms with E-state index in [-0.39, 0.29) is 17.5 Å². The van der Waals surface area contributed by atoms with Crippen molar-refractivity contribution < 1.29 is 14.7 Å². The van der Waals surface area contributed by atoms with E-state index in [1.807, 2.05) is 0 Å². The predicted octanol–water partition coefficient (Wildman–Crippen LogP) is 2.35. The molecule has 2 N–H and O–H groups in total. The Morgan fingerprint density at radius 2 is 1.50 bits per heavy atom. The molecule has 1 aliphatic carbocycles. The van der Waals surface area contributed by atoms with Crippen LogP contribution in [0.5, 0.6) is 0 Å². The topological polar surface area (TPSA) is 66.4 Å². The molecule has 0 saturated heterocycles. The van der Waals surface area contributed by atoms with Crippen molar-refractivity contribution in [2.24, 2.45) is 11.8 Å². The molecule has 4 heteroatoms. The van der Waals surface area contributed by atoms with E-state index in [0.717, 1.165) is 12.8 Å². The molecule has 0 aromatic rings. The van der Waals surface area contributed by atoms with E-state index in [9.17, 15) is 9.59 Å². The second-order valence-corrected chi connectivity index (χ2v) is 5.64. The summed E-state index contributed by atoms with van der Waals surface area (Å²) >= 11 is 0. The summed E-state index contributed by atoms with van der Waals surface area (Å²) in [5, 5.41) is 11.8. The molecule has 102 valence electrons. The summed E-state index contributed by atoms with van der Waals surface area (Å²) in [6.45, 7) is 7.41. The normalized spacial score (nSPS) is 29.4. The van der Waals surface area contributed by atoms with Gasteiger partial charge in [-0.15, -0.1) is 0 Å². The van der Waals surface area contributed by atoms with E-state index in [2.05, 4.69) is 19.2 Å². The van der Waals surface area contributed by atoms with Crippen LogP contribution < -0.4 is 5.32 Å². The summed E-state index contributed by atoms with van der Waals surface area (Å²) in [5.74, 6) is -0.0537. The summed E-state index contributed by atoms with van der Waals surface area (Å²) in [5.41, 5.74) is 0.415. The molecule has 0 bridgehead atoms. The van der Waals surface area contributed by atoms with Gasteiger partial charge >= 0.3 is 5.97 Å². The largest absolute Gasteiger partial charge is 0.478 e. The molecule has 1 fully saturated rings. The standard InChI is InChI=1S/C14H23NO3/c1-8-5-9(2)7-12(6-8)15-13(16)10(3)11(4)14(17)18/h8-9,12H,5-7H2,1-4H3,(H,15,16)(H,17,18)/b11-10+. The van der Waals surface area contributed by atoms with Gasteiger partial charge in [0.1, 0.15) is 0 Å². The first-order valence-corrected chi connectivity index (χ1v) is 6.52. The van der Waals surface area contributed by atoms with Gasteiger partial charge in [-0.25, -0.2) is 4.79 Å². The van der Waals surface area contributed by atoms with Gasteiger partial charge in [0.05, 0.1) is 0 Å². The third-order valence-electron chi connectivity index (χ3n) is 3.74. The number of amides is 1. The fourth-order valence-electron chi connectivity index (χ4n) is 2.69. The highest BCUT2D eigenvalue weighted by Gasteiger charge is 2.25. The Balaban J connectivity index is 2.65. The van der Waals surface area contributed by atoms with Crippen LogP contribution in [0.25, 0.3) is 0 Å². The Morgan fingerprint density at radius 3 is 1.94 bits per heavy atom. The first-order chi connectivity index (χ1) is 8.31. The Bertz CT molecular complexity index is 363. The summed E-state index contributed by atoms with van der Waals surface area (Å²) in [6.07, 6.45) is 3.17. The number of nitrogens with one attached hydrogen (secondary N) is 1. The minimum Gasteiger partial charge on any atom is -0.478 e. The number of rotatable bonds is 3. The van der Waals surface area contributed by atoms with Gasteiger partial charge in [-0.1, -0.05) is 13.8 Å². The highest BCUT2D eigenvalue weighted by Crippen LogP contribution is 2.28. The van der Waals surface area contributed by atoms with E-state index in [1.165, 1.54) is 13.3 Å². The molecule has 4 nitrogen and oxygen atoms in total. The molecule has 1 amide bonds. The lowest BCUT2D eigenvalue weighted by Crippen LogP contribution is -2.40. The maximum absolute atomic E-state index is 11.9. The summed E-state index contributed by atoms with van der Waals surface area (Å²) in [6, 6.07) is 0.174. The van der Waals surface area contributed by atoms with Crippen LogP contribution in [0.15, 0.2) is 11.1 Å². The van der Waals surface area contributed by atoms with Crippen LogP contribution in [0.4, 0.5) is 0 Å². The van der Waals surface area contributed by atoms with Crippen molar-refractivity contribution in [3.8, 4) is 0 Å². The molecule has 1 saturated carbocycles. The minimum absolute atomic E-state index is 0.115.